The van der Waals surface area contributed by atoms with Crippen LogP contribution in [0.4, 0.5) is 39.5 Å². The van der Waals surface area contributed by atoms with Crippen molar-refractivity contribution in [2.45, 2.75) is 23.8 Å². The minimum atomic E-state index is -8.07. The van der Waals surface area contributed by atoms with E-state index in [0.29, 0.717) is 0 Å². The quantitative estimate of drug-likeness (QED) is 0.770. The lowest BCUT2D eigenvalue weighted by Crippen LogP contribution is -2.62. The molecule has 0 atom stereocenters. The summed E-state index contributed by atoms with van der Waals surface area (Å²) in [6.45, 7) is 0. The molecule has 0 radical (unpaired) electrons. The SMILES string of the molecule is O=S(O)(O)(CC(F)(F)F)C(C(F)(F)F)C(F)(F)F. The van der Waals surface area contributed by atoms with E-state index in [1.165, 1.54) is 0 Å². The molecule has 0 aromatic carbocycles. The number of rotatable bonds is 2. The van der Waals surface area contributed by atoms with Crippen LogP contribution in [-0.4, -0.2) is 42.8 Å². The zero-order valence-electron chi connectivity index (χ0n) is 7.90. The minimum absolute atomic E-state index is 3.53. The minimum Gasteiger partial charge on any atom is -0.307 e. The highest BCUT2D eigenvalue weighted by molar-refractivity contribution is 8.10. The first-order valence-electron chi connectivity index (χ1n) is 3.69. The van der Waals surface area contributed by atoms with Gasteiger partial charge in [-0.1, -0.05) is 0 Å². The van der Waals surface area contributed by atoms with Crippen LogP contribution in [-0.2, 0) is 9.63 Å². The Balaban J connectivity index is 5.85. The molecule has 0 unspecified atom stereocenters. The van der Waals surface area contributed by atoms with Crippen molar-refractivity contribution in [2.24, 2.45) is 0 Å². The van der Waals surface area contributed by atoms with Crippen LogP contribution < -0.4 is 0 Å². The van der Waals surface area contributed by atoms with Crippen LogP contribution in [0.15, 0.2) is 0 Å². The summed E-state index contributed by atoms with van der Waals surface area (Å²) < 4.78 is 134. The van der Waals surface area contributed by atoms with E-state index < -0.39 is 39.2 Å². The first-order chi connectivity index (χ1) is 7.35. The maximum atomic E-state index is 12.0. The fourth-order valence-corrected chi connectivity index (χ4v) is 2.97. The third kappa shape index (κ3) is 4.61. The van der Waals surface area contributed by atoms with E-state index in [1.807, 2.05) is 0 Å². The molecule has 0 aliphatic heterocycles. The number of alkyl halides is 9. The van der Waals surface area contributed by atoms with Gasteiger partial charge in [0.1, 0.15) is 15.4 Å². The molecule has 0 bridgehead atoms. The third-order valence-corrected chi connectivity index (χ3v) is 3.86. The predicted molar refractivity (Wildman–Crippen MR) is 40.2 cm³/mol. The fraction of sp³-hybridized carbons (Fsp3) is 1.00. The van der Waals surface area contributed by atoms with Crippen LogP contribution in [0.5, 0.6) is 0 Å². The van der Waals surface area contributed by atoms with E-state index in [1.54, 1.807) is 0 Å². The van der Waals surface area contributed by atoms with E-state index in [0.717, 1.165) is 0 Å². The molecule has 0 aromatic heterocycles. The third-order valence-electron chi connectivity index (χ3n) is 1.50. The summed E-state index contributed by atoms with van der Waals surface area (Å²) in [7, 11) is -8.07. The maximum Gasteiger partial charge on any atom is 0.414 e. The Morgan fingerprint density at radius 2 is 1.11 bits per heavy atom. The van der Waals surface area contributed by atoms with Crippen molar-refractivity contribution in [3.8, 4) is 0 Å². The normalized spacial score (nSPS) is 17.7. The topological polar surface area (TPSA) is 57.5 Å². The summed E-state index contributed by atoms with van der Waals surface area (Å²) in [5.74, 6) is -3.53. The molecular formula is C5H5F9O3S. The summed E-state index contributed by atoms with van der Waals surface area (Å²) >= 11 is 0. The van der Waals surface area contributed by atoms with Crippen molar-refractivity contribution in [1.82, 2.24) is 0 Å². The monoisotopic (exact) mass is 316 g/mol. The van der Waals surface area contributed by atoms with Gasteiger partial charge in [0.2, 0.25) is 5.25 Å². The average Bonchev–Trinajstić information content (AvgIpc) is 1.63. The Morgan fingerprint density at radius 3 is 1.28 bits per heavy atom. The lowest BCUT2D eigenvalue weighted by Gasteiger charge is -2.39. The molecule has 0 saturated heterocycles. The average molecular weight is 316 g/mol. The highest BCUT2D eigenvalue weighted by Crippen LogP contribution is 2.47. The number of hydrogen-bond donors (Lipinski definition) is 2. The van der Waals surface area contributed by atoms with Gasteiger partial charge in [0.25, 0.3) is 0 Å². The lowest BCUT2D eigenvalue weighted by atomic mass is 10.4. The van der Waals surface area contributed by atoms with Crippen LogP contribution in [0.3, 0.4) is 0 Å². The van der Waals surface area contributed by atoms with Gasteiger partial charge in [0, 0.05) is 0 Å². The number of hydrogen-bond acceptors (Lipinski definition) is 1. The van der Waals surface area contributed by atoms with Gasteiger partial charge in [-0.05, 0) is 0 Å². The smallest absolute Gasteiger partial charge is 0.307 e. The predicted octanol–water partition coefficient (Wildman–Crippen LogP) is 2.81. The van der Waals surface area contributed by atoms with E-state index in [2.05, 4.69) is 0 Å². The van der Waals surface area contributed by atoms with Crippen molar-refractivity contribution < 1.29 is 52.8 Å². The van der Waals surface area contributed by atoms with Gasteiger partial charge in [0.15, 0.2) is 0 Å². The second kappa shape index (κ2) is 3.96. The van der Waals surface area contributed by atoms with Gasteiger partial charge in [-0.15, -0.1) is 0 Å². The summed E-state index contributed by atoms with van der Waals surface area (Å²) in [5, 5.41) is -5.40. The molecule has 0 amide bonds. The van der Waals surface area contributed by atoms with E-state index in [9.17, 15) is 43.7 Å². The second-order valence-electron chi connectivity index (χ2n) is 3.30. The standard InChI is InChI=1S/C5H5F9O3S/c6-3(7,8)1-18(15,16,17)2(4(9,10)11)5(12,13)14/h2H,1H2,(H2,15,16,17). The maximum absolute atomic E-state index is 12.0. The largest absolute Gasteiger partial charge is 0.414 e. The molecule has 0 aliphatic rings. The molecule has 3 nitrogen and oxygen atoms in total. The highest BCUT2D eigenvalue weighted by Gasteiger charge is 2.71. The van der Waals surface area contributed by atoms with Gasteiger partial charge in [0.05, 0.1) is 0 Å². The molecule has 0 aliphatic carbocycles. The first-order valence-corrected chi connectivity index (χ1v) is 5.80. The van der Waals surface area contributed by atoms with Crippen LogP contribution in [0.1, 0.15) is 0 Å². The Morgan fingerprint density at radius 1 is 0.833 bits per heavy atom. The molecule has 13 heteroatoms. The molecule has 0 rings (SSSR count). The molecule has 18 heavy (non-hydrogen) atoms. The summed E-state index contributed by atoms with van der Waals surface area (Å²) in [6.07, 6.45) is -19.0. The molecule has 0 heterocycles. The molecule has 2 N–H and O–H groups in total. The number of halogens is 9. The Labute approximate surface area is 93.0 Å². The van der Waals surface area contributed by atoms with Gasteiger partial charge in [-0.2, -0.15) is 39.5 Å². The van der Waals surface area contributed by atoms with Crippen molar-refractivity contribution >= 4 is 9.63 Å². The van der Waals surface area contributed by atoms with Gasteiger partial charge >= 0.3 is 18.5 Å². The molecule has 0 saturated carbocycles. The Bertz CT molecular complexity index is 357. The molecule has 112 valence electrons. The van der Waals surface area contributed by atoms with Crippen molar-refractivity contribution in [1.29, 1.82) is 0 Å². The molecule has 0 fully saturated rings. The Hall–Kier alpha value is -0.560. The lowest BCUT2D eigenvalue weighted by molar-refractivity contribution is -0.230. The van der Waals surface area contributed by atoms with Crippen LogP contribution >= 0.6 is 0 Å². The first kappa shape index (κ1) is 17.4. The molecular weight excluding hydrogens is 311 g/mol. The summed E-state index contributed by atoms with van der Waals surface area (Å²) in [6, 6.07) is 0. The summed E-state index contributed by atoms with van der Waals surface area (Å²) in [4.78, 5) is 0. The van der Waals surface area contributed by atoms with Crippen molar-refractivity contribution in [3.63, 3.8) is 0 Å². The van der Waals surface area contributed by atoms with Gasteiger partial charge < -0.3 is 9.11 Å². The summed E-state index contributed by atoms with van der Waals surface area (Å²) in [5.41, 5.74) is 0. The Kier molecular flexibility index (Phi) is 3.84. The zero-order valence-corrected chi connectivity index (χ0v) is 8.71. The molecule has 0 spiro atoms. The van der Waals surface area contributed by atoms with Gasteiger partial charge in [-0.3, -0.25) is 0 Å². The van der Waals surface area contributed by atoms with Crippen molar-refractivity contribution in [3.05, 3.63) is 0 Å². The van der Waals surface area contributed by atoms with Crippen LogP contribution in [0.25, 0.3) is 0 Å². The zero-order chi connectivity index (χ0) is 15.2. The second-order valence-corrected chi connectivity index (χ2v) is 6.22. The molecule has 0 aromatic rings. The van der Waals surface area contributed by atoms with Crippen molar-refractivity contribution in [2.75, 3.05) is 5.75 Å². The van der Waals surface area contributed by atoms with E-state index >= 15 is 0 Å². The van der Waals surface area contributed by atoms with Crippen LogP contribution in [0.2, 0.25) is 0 Å². The van der Waals surface area contributed by atoms with E-state index in [-0.39, 0.29) is 0 Å². The van der Waals surface area contributed by atoms with E-state index in [4.69, 9.17) is 9.11 Å². The fourth-order valence-electron chi connectivity index (χ4n) is 1.11. The van der Waals surface area contributed by atoms with Gasteiger partial charge in [-0.25, -0.2) is 4.21 Å². The highest BCUT2D eigenvalue weighted by atomic mass is 32.3. The van der Waals surface area contributed by atoms with Crippen LogP contribution in [0, 0.1) is 0 Å².